The van der Waals surface area contributed by atoms with Gasteiger partial charge in [0.05, 0.1) is 13.5 Å². The summed E-state index contributed by atoms with van der Waals surface area (Å²) >= 11 is 4.56. The van der Waals surface area contributed by atoms with Gasteiger partial charge >= 0.3 is 0 Å². The third-order valence-electron chi connectivity index (χ3n) is 4.05. The van der Waals surface area contributed by atoms with Gasteiger partial charge in [-0.3, -0.25) is 9.52 Å². The number of carbonyl (C=O) groups is 1. The molecule has 0 atom stereocenters. The first-order valence-corrected chi connectivity index (χ1v) is 11.8. The van der Waals surface area contributed by atoms with Crippen molar-refractivity contribution in [2.75, 3.05) is 11.8 Å². The first-order chi connectivity index (χ1) is 13.9. The molecule has 0 aliphatic carbocycles. The van der Waals surface area contributed by atoms with Crippen molar-refractivity contribution in [2.45, 2.75) is 17.2 Å². The molecule has 0 radical (unpaired) electrons. The van der Waals surface area contributed by atoms with Gasteiger partial charge in [-0.2, -0.15) is 0 Å². The van der Waals surface area contributed by atoms with E-state index in [2.05, 4.69) is 26.0 Å². The Morgan fingerprint density at radius 3 is 2.55 bits per heavy atom. The Bertz CT molecular complexity index is 1080. The molecular formula is C20H19BrN2O4S2. The van der Waals surface area contributed by atoms with Crippen LogP contribution in [0.5, 0.6) is 5.75 Å². The number of benzene rings is 2. The van der Waals surface area contributed by atoms with Gasteiger partial charge in [0.2, 0.25) is 5.91 Å². The van der Waals surface area contributed by atoms with E-state index in [1.165, 1.54) is 0 Å². The van der Waals surface area contributed by atoms with Crippen LogP contribution in [-0.2, 0) is 27.8 Å². The molecule has 3 rings (SSSR count). The van der Waals surface area contributed by atoms with Crippen molar-refractivity contribution in [3.8, 4) is 5.75 Å². The second-order valence-corrected chi connectivity index (χ2v) is 9.92. The van der Waals surface area contributed by atoms with Crippen molar-refractivity contribution in [1.29, 1.82) is 0 Å². The third kappa shape index (κ3) is 5.81. The molecule has 3 aromatic rings. The molecule has 0 saturated heterocycles. The molecule has 0 bridgehead atoms. The first kappa shape index (κ1) is 21.4. The average molecular weight is 495 g/mol. The zero-order valence-electron chi connectivity index (χ0n) is 15.5. The number of rotatable bonds is 8. The lowest BCUT2D eigenvalue weighted by molar-refractivity contribution is -0.120. The van der Waals surface area contributed by atoms with Crippen molar-refractivity contribution in [2.24, 2.45) is 0 Å². The number of thiophene rings is 1. The largest absolute Gasteiger partial charge is 0.496 e. The molecule has 6 nitrogen and oxygen atoms in total. The monoisotopic (exact) mass is 494 g/mol. The summed E-state index contributed by atoms with van der Waals surface area (Å²) in [6.07, 6.45) is 0.189. The molecular weight excluding hydrogens is 476 g/mol. The van der Waals surface area contributed by atoms with Crippen LogP contribution in [0, 0.1) is 0 Å². The molecule has 0 fully saturated rings. The molecule has 152 valence electrons. The highest BCUT2D eigenvalue weighted by Crippen LogP contribution is 2.23. The minimum Gasteiger partial charge on any atom is -0.496 e. The Hall–Kier alpha value is -2.36. The van der Waals surface area contributed by atoms with Crippen LogP contribution in [0.25, 0.3) is 0 Å². The Morgan fingerprint density at radius 2 is 1.90 bits per heavy atom. The second-order valence-electron chi connectivity index (χ2n) is 6.14. The van der Waals surface area contributed by atoms with Gasteiger partial charge in [-0.1, -0.05) is 34.1 Å². The molecule has 0 saturated carbocycles. The van der Waals surface area contributed by atoms with Crippen LogP contribution >= 0.6 is 27.3 Å². The van der Waals surface area contributed by atoms with E-state index in [-0.39, 0.29) is 16.5 Å². The molecule has 0 aliphatic rings. The normalized spacial score (nSPS) is 11.1. The van der Waals surface area contributed by atoms with Crippen LogP contribution in [0.1, 0.15) is 11.1 Å². The quantitative estimate of drug-likeness (QED) is 0.491. The topological polar surface area (TPSA) is 84.5 Å². The minimum atomic E-state index is -3.58. The minimum absolute atomic E-state index is 0.140. The number of halogens is 1. The number of carbonyl (C=O) groups excluding carboxylic acids is 1. The summed E-state index contributed by atoms with van der Waals surface area (Å²) in [5.41, 5.74) is 2.10. The highest BCUT2D eigenvalue weighted by Gasteiger charge is 2.15. The van der Waals surface area contributed by atoms with Crippen LogP contribution in [0.4, 0.5) is 5.69 Å². The van der Waals surface area contributed by atoms with Crippen molar-refractivity contribution in [3.05, 3.63) is 75.6 Å². The van der Waals surface area contributed by atoms with Gasteiger partial charge in [0.25, 0.3) is 10.0 Å². The SMILES string of the molecule is COc1ccc(Br)cc1CNC(=O)Cc1ccc(NS(=O)(=O)c2cccs2)cc1. The molecule has 1 heterocycles. The average Bonchev–Trinajstić information content (AvgIpc) is 3.24. The van der Waals surface area contributed by atoms with Gasteiger partial charge in [0.1, 0.15) is 9.96 Å². The van der Waals surface area contributed by atoms with Crippen molar-refractivity contribution in [3.63, 3.8) is 0 Å². The maximum absolute atomic E-state index is 12.3. The number of hydrogen-bond donors (Lipinski definition) is 2. The zero-order chi connectivity index (χ0) is 20.9. The maximum atomic E-state index is 12.3. The summed E-state index contributed by atoms with van der Waals surface area (Å²) in [6.45, 7) is 0.347. The number of anilines is 1. The van der Waals surface area contributed by atoms with E-state index >= 15 is 0 Å². The van der Waals surface area contributed by atoms with Gasteiger partial charge in [-0.25, -0.2) is 8.42 Å². The van der Waals surface area contributed by atoms with E-state index in [4.69, 9.17) is 4.74 Å². The van der Waals surface area contributed by atoms with Gasteiger partial charge in [0.15, 0.2) is 0 Å². The number of ether oxygens (including phenoxy) is 1. The Labute approximate surface area is 182 Å². The number of amides is 1. The standard InChI is InChI=1S/C20H19BrN2O4S2/c1-27-18-9-6-16(21)12-15(18)13-22-19(24)11-14-4-7-17(8-5-14)23-29(25,26)20-3-2-10-28-20/h2-10,12,23H,11,13H2,1H3,(H,22,24). The van der Waals surface area contributed by atoms with E-state index in [0.717, 1.165) is 26.9 Å². The molecule has 0 aliphatic heterocycles. The van der Waals surface area contributed by atoms with Gasteiger partial charge < -0.3 is 10.1 Å². The molecule has 1 aromatic heterocycles. The van der Waals surface area contributed by atoms with E-state index in [9.17, 15) is 13.2 Å². The Kier molecular flexibility index (Phi) is 6.94. The van der Waals surface area contributed by atoms with Crippen molar-refractivity contribution < 1.29 is 17.9 Å². The predicted molar refractivity (Wildman–Crippen MR) is 118 cm³/mol. The number of methoxy groups -OCH3 is 1. The van der Waals surface area contributed by atoms with Crippen LogP contribution in [0.15, 0.2) is 68.7 Å². The van der Waals surface area contributed by atoms with Crippen LogP contribution < -0.4 is 14.8 Å². The third-order valence-corrected chi connectivity index (χ3v) is 7.32. The zero-order valence-corrected chi connectivity index (χ0v) is 18.7. The number of sulfonamides is 1. The summed E-state index contributed by atoms with van der Waals surface area (Å²) in [7, 11) is -2.00. The summed E-state index contributed by atoms with van der Waals surface area (Å²) in [6, 6.07) is 15.6. The molecule has 2 N–H and O–H groups in total. The highest BCUT2D eigenvalue weighted by atomic mass is 79.9. The van der Waals surface area contributed by atoms with E-state index in [0.29, 0.717) is 18.0 Å². The lowest BCUT2D eigenvalue weighted by Gasteiger charge is -2.11. The van der Waals surface area contributed by atoms with Crippen LogP contribution in [0.2, 0.25) is 0 Å². The Morgan fingerprint density at radius 1 is 1.14 bits per heavy atom. The van der Waals surface area contributed by atoms with Crippen molar-refractivity contribution >= 4 is 48.9 Å². The summed E-state index contributed by atoms with van der Waals surface area (Å²) in [5, 5.41) is 4.58. The maximum Gasteiger partial charge on any atom is 0.271 e. The first-order valence-electron chi connectivity index (χ1n) is 8.62. The fourth-order valence-electron chi connectivity index (χ4n) is 2.64. The predicted octanol–water partition coefficient (Wildman–Crippen LogP) is 4.18. The summed E-state index contributed by atoms with van der Waals surface area (Å²) in [4.78, 5) is 12.3. The molecule has 9 heteroatoms. The lowest BCUT2D eigenvalue weighted by Crippen LogP contribution is -2.24. The van der Waals surface area contributed by atoms with Gasteiger partial charge in [0, 0.05) is 22.3 Å². The summed E-state index contributed by atoms with van der Waals surface area (Å²) in [5.74, 6) is 0.565. The van der Waals surface area contributed by atoms with E-state index < -0.39 is 10.0 Å². The van der Waals surface area contributed by atoms with Crippen LogP contribution in [-0.4, -0.2) is 21.4 Å². The molecule has 2 aromatic carbocycles. The van der Waals surface area contributed by atoms with Crippen molar-refractivity contribution in [1.82, 2.24) is 5.32 Å². The fraction of sp³-hybridized carbons (Fsp3) is 0.150. The molecule has 0 unspecified atom stereocenters. The highest BCUT2D eigenvalue weighted by molar-refractivity contribution is 9.10. The number of hydrogen-bond acceptors (Lipinski definition) is 5. The smallest absolute Gasteiger partial charge is 0.271 e. The number of nitrogens with one attached hydrogen (secondary N) is 2. The second kappa shape index (κ2) is 9.43. The fourth-order valence-corrected chi connectivity index (χ4v) is 5.10. The molecule has 1 amide bonds. The lowest BCUT2D eigenvalue weighted by atomic mass is 10.1. The Balaban J connectivity index is 1.57. The van der Waals surface area contributed by atoms with E-state index in [1.807, 2.05) is 18.2 Å². The summed E-state index contributed by atoms with van der Waals surface area (Å²) < 4.78 is 33.5. The van der Waals surface area contributed by atoms with E-state index in [1.54, 1.807) is 48.9 Å². The molecule has 0 spiro atoms. The van der Waals surface area contributed by atoms with Gasteiger partial charge in [-0.05, 0) is 47.3 Å². The molecule has 29 heavy (non-hydrogen) atoms. The van der Waals surface area contributed by atoms with Crippen LogP contribution in [0.3, 0.4) is 0 Å². The van der Waals surface area contributed by atoms with Gasteiger partial charge in [-0.15, -0.1) is 11.3 Å².